The summed E-state index contributed by atoms with van der Waals surface area (Å²) in [7, 11) is 3.58. The molecule has 3 aromatic carbocycles. The second kappa shape index (κ2) is 16.8. The Balaban J connectivity index is 1.57. The van der Waals surface area contributed by atoms with Crippen molar-refractivity contribution >= 4 is 29.0 Å². The van der Waals surface area contributed by atoms with E-state index in [0.29, 0.717) is 6.42 Å². The molecule has 0 aliphatic heterocycles. The summed E-state index contributed by atoms with van der Waals surface area (Å²) in [6, 6.07) is 32.6. The SMILES string of the molecule is COCOc1nc(OC)c(OC)c(OCOC)c1C(=O)CCCCC[PH](c1ccccc1)(c1ccccc1)c1ccccc1. The molecule has 0 amide bonds. The molecule has 0 fully saturated rings. The third-order valence-electron chi connectivity index (χ3n) is 7.61. The Morgan fingerprint density at radius 2 is 1.14 bits per heavy atom. The molecule has 0 saturated carbocycles. The van der Waals surface area contributed by atoms with E-state index in [-0.39, 0.29) is 54.6 Å². The summed E-state index contributed by atoms with van der Waals surface area (Å²) in [6.07, 6.45) is 3.81. The van der Waals surface area contributed by atoms with Gasteiger partial charge in [0.15, 0.2) is 0 Å². The first-order valence-corrected chi connectivity index (χ1v) is 16.9. The van der Waals surface area contributed by atoms with Gasteiger partial charge in [0, 0.05) is 0 Å². The number of Topliss-reactive ketones (excluding diaryl/α,β-unsaturated/α-hetero) is 1. The molecule has 0 radical (unpaired) electrons. The summed E-state index contributed by atoms with van der Waals surface area (Å²) < 4.78 is 32.6. The van der Waals surface area contributed by atoms with E-state index < -0.39 is 7.26 Å². The zero-order chi connectivity index (χ0) is 31.2. The van der Waals surface area contributed by atoms with Crippen LogP contribution in [-0.2, 0) is 9.47 Å². The van der Waals surface area contributed by atoms with Crippen molar-refractivity contribution in [3.05, 3.63) is 96.6 Å². The molecular formula is C35H42NO7P. The van der Waals surface area contributed by atoms with Gasteiger partial charge in [-0.15, -0.1) is 0 Å². The number of rotatable bonds is 18. The number of hydrogen-bond donors (Lipinski definition) is 0. The number of unbranched alkanes of at least 4 members (excludes halogenated alkanes) is 2. The molecule has 0 aliphatic rings. The van der Waals surface area contributed by atoms with Crippen LogP contribution in [0.1, 0.15) is 36.0 Å². The van der Waals surface area contributed by atoms with Gasteiger partial charge < -0.3 is 0 Å². The zero-order valence-corrected chi connectivity index (χ0v) is 26.9. The number of pyridine rings is 1. The molecule has 1 heterocycles. The molecule has 0 spiro atoms. The number of carbonyl (C=O) groups is 1. The molecule has 8 nitrogen and oxygen atoms in total. The van der Waals surface area contributed by atoms with Crippen LogP contribution in [0.4, 0.5) is 0 Å². The van der Waals surface area contributed by atoms with Gasteiger partial charge in [0.2, 0.25) is 0 Å². The molecule has 0 unspecified atom stereocenters. The van der Waals surface area contributed by atoms with Crippen LogP contribution in [0, 0.1) is 0 Å². The summed E-state index contributed by atoms with van der Waals surface area (Å²) in [6.45, 7) is -0.198. The third kappa shape index (κ3) is 7.56. The minimum absolute atomic E-state index is 0.0595. The second-order valence-electron chi connectivity index (χ2n) is 10.3. The summed E-state index contributed by atoms with van der Waals surface area (Å²) in [5.41, 5.74) is 0.179. The van der Waals surface area contributed by atoms with Gasteiger partial charge in [-0.1, -0.05) is 0 Å². The molecule has 234 valence electrons. The van der Waals surface area contributed by atoms with Crippen LogP contribution in [-0.4, -0.2) is 59.0 Å². The number of aromatic nitrogens is 1. The summed E-state index contributed by atoms with van der Waals surface area (Å²) >= 11 is 0. The normalized spacial score (nSPS) is 11.5. The van der Waals surface area contributed by atoms with Crippen molar-refractivity contribution in [2.45, 2.75) is 25.7 Å². The van der Waals surface area contributed by atoms with E-state index in [9.17, 15) is 4.79 Å². The van der Waals surface area contributed by atoms with Crippen LogP contribution < -0.4 is 34.9 Å². The van der Waals surface area contributed by atoms with Gasteiger partial charge in [0.05, 0.1) is 0 Å². The van der Waals surface area contributed by atoms with E-state index in [0.717, 1.165) is 19.0 Å². The van der Waals surface area contributed by atoms with Crippen molar-refractivity contribution in [2.75, 3.05) is 48.2 Å². The predicted octanol–water partition coefficient (Wildman–Crippen LogP) is 5.53. The molecule has 1 aromatic heterocycles. The third-order valence-corrected chi connectivity index (χ3v) is 12.7. The fourth-order valence-corrected chi connectivity index (χ4v) is 10.6. The maximum absolute atomic E-state index is 13.7. The summed E-state index contributed by atoms with van der Waals surface area (Å²) in [5, 5.41) is 4.14. The number of ether oxygens (including phenoxy) is 6. The van der Waals surface area contributed by atoms with Crippen LogP contribution in [0.15, 0.2) is 91.0 Å². The van der Waals surface area contributed by atoms with Crippen LogP contribution >= 0.6 is 7.26 Å². The molecule has 0 N–H and O–H groups in total. The van der Waals surface area contributed by atoms with Crippen LogP contribution in [0.2, 0.25) is 0 Å². The van der Waals surface area contributed by atoms with E-state index in [2.05, 4.69) is 96.0 Å². The molecule has 9 heteroatoms. The Labute approximate surface area is 260 Å². The molecule has 4 aromatic rings. The van der Waals surface area contributed by atoms with Crippen molar-refractivity contribution in [2.24, 2.45) is 0 Å². The van der Waals surface area contributed by atoms with Gasteiger partial charge >= 0.3 is 261 Å². The van der Waals surface area contributed by atoms with E-state index in [1.807, 2.05) is 0 Å². The van der Waals surface area contributed by atoms with Crippen molar-refractivity contribution in [1.29, 1.82) is 0 Å². The van der Waals surface area contributed by atoms with Crippen molar-refractivity contribution in [3.63, 3.8) is 0 Å². The van der Waals surface area contributed by atoms with Crippen LogP contribution in [0.3, 0.4) is 0 Å². The molecule has 0 atom stereocenters. The Morgan fingerprint density at radius 1 is 0.614 bits per heavy atom. The van der Waals surface area contributed by atoms with Crippen LogP contribution in [0.5, 0.6) is 23.3 Å². The second-order valence-corrected chi connectivity index (χ2v) is 14.3. The summed E-state index contributed by atoms with van der Waals surface area (Å²) in [5.74, 6) is 0.380. The fraction of sp³-hybridized carbons (Fsp3) is 0.314. The molecular weight excluding hydrogens is 577 g/mol. The number of ketones is 1. The zero-order valence-electron chi connectivity index (χ0n) is 25.9. The van der Waals surface area contributed by atoms with Gasteiger partial charge in [0.1, 0.15) is 0 Å². The number of benzene rings is 3. The Hall–Kier alpha value is -3.97. The Morgan fingerprint density at radius 3 is 1.61 bits per heavy atom. The minimum atomic E-state index is -2.33. The van der Waals surface area contributed by atoms with Gasteiger partial charge in [0.25, 0.3) is 0 Å². The van der Waals surface area contributed by atoms with Gasteiger partial charge in [-0.05, 0) is 0 Å². The number of methoxy groups -OCH3 is 4. The molecule has 44 heavy (non-hydrogen) atoms. The standard InChI is InChI=1S/C35H42NO7P/c1-38-25-42-32-31(34(43-26-39-2)36-35(41-4)33(32)40-3)30(37)23-15-8-16-24-44(27-17-9-5-10-18-27,28-19-11-6-12-20-28)29-21-13-7-14-22-29/h5-7,9-14,17-22,44H,8,15-16,23-26H2,1-4H3. The molecule has 4 rings (SSSR count). The van der Waals surface area contributed by atoms with Crippen molar-refractivity contribution in [3.8, 4) is 23.3 Å². The monoisotopic (exact) mass is 619 g/mol. The quantitative estimate of drug-likeness (QED) is 0.0622. The van der Waals surface area contributed by atoms with Crippen molar-refractivity contribution < 1.29 is 33.2 Å². The van der Waals surface area contributed by atoms with E-state index in [4.69, 9.17) is 28.4 Å². The number of carbonyl (C=O) groups excluding carboxylic acids is 1. The summed E-state index contributed by atoms with van der Waals surface area (Å²) in [4.78, 5) is 18.1. The number of hydrogen-bond acceptors (Lipinski definition) is 8. The van der Waals surface area contributed by atoms with E-state index in [1.54, 1.807) is 0 Å². The van der Waals surface area contributed by atoms with E-state index >= 15 is 0 Å². The Kier molecular flexibility index (Phi) is 12.5. The Bertz CT molecular complexity index is 1360. The van der Waals surface area contributed by atoms with Crippen molar-refractivity contribution in [1.82, 2.24) is 4.98 Å². The van der Waals surface area contributed by atoms with Gasteiger partial charge in [-0.25, -0.2) is 0 Å². The predicted molar refractivity (Wildman–Crippen MR) is 177 cm³/mol. The first-order chi connectivity index (χ1) is 21.6. The topological polar surface area (TPSA) is 85.3 Å². The van der Waals surface area contributed by atoms with Gasteiger partial charge in [-0.3, -0.25) is 0 Å². The van der Waals surface area contributed by atoms with E-state index in [1.165, 1.54) is 44.4 Å². The first-order valence-electron chi connectivity index (χ1n) is 14.7. The molecule has 0 aliphatic carbocycles. The van der Waals surface area contributed by atoms with Crippen LogP contribution in [0.25, 0.3) is 0 Å². The average molecular weight is 620 g/mol. The number of nitrogens with zero attached hydrogens (tertiary/aromatic N) is 1. The molecule has 0 saturated heterocycles. The maximum atomic E-state index is 13.7. The molecule has 0 bridgehead atoms. The fourth-order valence-electron chi connectivity index (χ4n) is 5.62. The van der Waals surface area contributed by atoms with Gasteiger partial charge in [-0.2, -0.15) is 0 Å². The first kappa shape index (κ1) is 32.9. The average Bonchev–Trinajstić information content (AvgIpc) is 3.08.